The highest BCUT2D eigenvalue weighted by Gasteiger charge is 2.24. The number of imide groups is 1. The van der Waals surface area contributed by atoms with Gasteiger partial charge in [0.2, 0.25) is 12.3 Å². The van der Waals surface area contributed by atoms with Gasteiger partial charge in [0.1, 0.15) is 0 Å². The molecule has 1 saturated carbocycles. The second kappa shape index (κ2) is 5.00. The summed E-state index contributed by atoms with van der Waals surface area (Å²) >= 11 is 0. The van der Waals surface area contributed by atoms with Crippen molar-refractivity contribution >= 4 is 12.3 Å². The van der Waals surface area contributed by atoms with Crippen LogP contribution >= 0.6 is 0 Å². The van der Waals surface area contributed by atoms with Crippen molar-refractivity contribution in [1.29, 1.82) is 0 Å². The molecule has 0 aromatic heterocycles. The molecule has 0 aromatic carbocycles. The van der Waals surface area contributed by atoms with Crippen molar-refractivity contribution in [2.24, 2.45) is 5.92 Å². The second-order valence-electron chi connectivity index (χ2n) is 3.56. The minimum Gasteiger partial charge on any atom is -0.285 e. The minimum absolute atomic E-state index is 0.0252. The second-order valence-corrected chi connectivity index (χ2v) is 3.56. The zero-order valence-electron chi connectivity index (χ0n) is 8.16. The molecule has 0 heterocycles. The van der Waals surface area contributed by atoms with E-state index in [1.165, 1.54) is 11.3 Å². The molecule has 0 aliphatic heterocycles. The Labute approximate surface area is 79.1 Å². The van der Waals surface area contributed by atoms with Gasteiger partial charge in [-0.25, -0.2) is 0 Å². The normalized spacial score (nSPS) is 18.2. The third-order valence-corrected chi connectivity index (χ3v) is 2.71. The number of carbonyl (C=O) groups excluding carboxylic acids is 2. The fourth-order valence-corrected chi connectivity index (χ4v) is 1.87. The third kappa shape index (κ3) is 2.54. The molecule has 0 saturated heterocycles. The van der Waals surface area contributed by atoms with Gasteiger partial charge in [-0.15, -0.1) is 0 Å². The first kappa shape index (κ1) is 10.2. The molecule has 3 nitrogen and oxygen atoms in total. The summed E-state index contributed by atoms with van der Waals surface area (Å²) in [7, 11) is 0. The Hall–Kier alpha value is -0.860. The zero-order chi connectivity index (χ0) is 9.68. The molecule has 0 spiro atoms. The molecule has 1 rings (SSSR count). The van der Waals surface area contributed by atoms with Gasteiger partial charge in [-0.3, -0.25) is 14.5 Å². The quantitative estimate of drug-likeness (QED) is 0.623. The van der Waals surface area contributed by atoms with Crippen molar-refractivity contribution in [3.63, 3.8) is 0 Å². The summed E-state index contributed by atoms with van der Waals surface area (Å²) in [6, 6.07) is 0. The van der Waals surface area contributed by atoms with Gasteiger partial charge in [0, 0.05) is 12.5 Å². The van der Waals surface area contributed by atoms with E-state index in [1.807, 2.05) is 6.92 Å². The summed E-state index contributed by atoms with van der Waals surface area (Å²) in [6.07, 6.45) is 6.07. The van der Waals surface area contributed by atoms with Crippen LogP contribution in [0.3, 0.4) is 0 Å². The van der Waals surface area contributed by atoms with Crippen molar-refractivity contribution in [2.75, 3.05) is 6.54 Å². The summed E-state index contributed by atoms with van der Waals surface area (Å²) in [5.74, 6) is 0.135. The molecule has 13 heavy (non-hydrogen) atoms. The number of nitrogens with zero attached hydrogens (tertiary/aromatic N) is 1. The van der Waals surface area contributed by atoms with Gasteiger partial charge in [-0.1, -0.05) is 19.3 Å². The molecule has 1 aliphatic carbocycles. The first-order valence-electron chi connectivity index (χ1n) is 5.05. The summed E-state index contributed by atoms with van der Waals surface area (Å²) in [4.78, 5) is 23.5. The lowest BCUT2D eigenvalue weighted by molar-refractivity contribution is -0.141. The highest BCUT2D eigenvalue weighted by Crippen LogP contribution is 2.24. The van der Waals surface area contributed by atoms with Gasteiger partial charge in [0.25, 0.3) is 0 Å². The van der Waals surface area contributed by atoms with Gasteiger partial charge >= 0.3 is 0 Å². The Morgan fingerprint density at radius 2 is 2.00 bits per heavy atom. The molecule has 1 aliphatic rings. The molecule has 2 amide bonds. The lowest BCUT2D eigenvalue weighted by Crippen LogP contribution is -2.35. The minimum atomic E-state index is 0.0252. The lowest BCUT2D eigenvalue weighted by atomic mass is 9.88. The van der Waals surface area contributed by atoms with Crippen LogP contribution in [-0.4, -0.2) is 23.8 Å². The average Bonchev–Trinajstić information content (AvgIpc) is 2.21. The van der Waals surface area contributed by atoms with E-state index in [0.717, 1.165) is 25.7 Å². The van der Waals surface area contributed by atoms with E-state index in [0.29, 0.717) is 13.0 Å². The Morgan fingerprint density at radius 3 is 2.46 bits per heavy atom. The van der Waals surface area contributed by atoms with E-state index < -0.39 is 0 Å². The summed E-state index contributed by atoms with van der Waals surface area (Å²) < 4.78 is 0. The first-order chi connectivity index (χ1) is 6.29. The van der Waals surface area contributed by atoms with Gasteiger partial charge < -0.3 is 0 Å². The van der Waals surface area contributed by atoms with Crippen LogP contribution in [0.1, 0.15) is 39.0 Å². The van der Waals surface area contributed by atoms with Crippen molar-refractivity contribution in [1.82, 2.24) is 4.90 Å². The van der Waals surface area contributed by atoms with E-state index in [9.17, 15) is 9.59 Å². The Morgan fingerprint density at radius 1 is 1.38 bits per heavy atom. The maximum atomic E-state index is 11.7. The average molecular weight is 183 g/mol. The van der Waals surface area contributed by atoms with Crippen molar-refractivity contribution in [3.05, 3.63) is 0 Å². The van der Waals surface area contributed by atoms with Crippen molar-refractivity contribution < 1.29 is 9.59 Å². The van der Waals surface area contributed by atoms with Crippen LogP contribution in [0.25, 0.3) is 0 Å². The number of hydrogen-bond acceptors (Lipinski definition) is 2. The van der Waals surface area contributed by atoms with E-state index in [1.54, 1.807) is 0 Å². The molecule has 0 N–H and O–H groups in total. The van der Waals surface area contributed by atoms with Crippen LogP contribution in [0, 0.1) is 5.92 Å². The van der Waals surface area contributed by atoms with E-state index >= 15 is 0 Å². The molecule has 3 heteroatoms. The van der Waals surface area contributed by atoms with Crippen LogP contribution in [0.4, 0.5) is 0 Å². The van der Waals surface area contributed by atoms with Crippen LogP contribution in [0.15, 0.2) is 0 Å². The Balaban J connectivity index is 2.48. The van der Waals surface area contributed by atoms with Gasteiger partial charge in [-0.05, 0) is 19.8 Å². The molecule has 74 valence electrons. The first-order valence-corrected chi connectivity index (χ1v) is 5.05. The summed E-state index contributed by atoms with van der Waals surface area (Å²) in [6.45, 7) is 2.33. The molecule has 0 radical (unpaired) electrons. The molecule has 0 bridgehead atoms. The van der Waals surface area contributed by atoms with Gasteiger partial charge in [0.15, 0.2) is 0 Å². The number of hydrogen-bond donors (Lipinski definition) is 0. The summed E-state index contributed by atoms with van der Waals surface area (Å²) in [5, 5.41) is 0. The molecular weight excluding hydrogens is 166 g/mol. The monoisotopic (exact) mass is 183 g/mol. The highest BCUT2D eigenvalue weighted by atomic mass is 16.2. The number of carbonyl (C=O) groups is 2. The van der Waals surface area contributed by atoms with Crippen molar-refractivity contribution in [2.45, 2.75) is 39.0 Å². The van der Waals surface area contributed by atoms with Crippen LogP contribution in [-0.2, 0) is 9.59 Å². The fraction of sp³-hybridized carbons (Fsp3) is 0.800. The Bertz CT molecular complexity index is 185. The smallest absolute Gasteiger partial charge is 0.232 e. The lowest BCUT2D eigenvalue weighted by Gasteiger charge is -2.24. The van der Waals surface area contributed by atoms with E-state index in [4.69, 9.17) is 0 Å². The van der Waals surface area contributed by atoms with Gasteiger partial charge in [-0.2, -0.15) is 0 Å². The Kier molecular flexibility index (Phi) is 3.93. The maximum absolute atomic E-state index is 11.7. The third-order valence-electron chi connectivity index (χ3n) is 2.71. The standard InChI is InChI=1S/C10H17NO2/c1-2-11(8-12)10(13)9-6-4-3-5-7-9/h8-9H,2-7H2,1H3. The van der Waals surface area contributed by atoms with Crippen LogP contribution < -0.4 is 0 Å². The van der Waals surface area contributed by atoms with E-state index in [-0.39, 0.29) is 11.8 Å². The van der Waals surface area contributed by atoms with Gasteiger partial charge in [0.05, 0.1) is 0 Å². The van der Waals surface area contributed by atoms with Crippen LogP contribution in [0.2, 0.25) is 0 Å². The summed E-state index contributed by atoms with van der Waals surface area (Å²) in [5.41, 5.74) is 0. The largest absolute Gasteiger partial charge is 0.285 e. The molecule has 0 aromatic rings. The topological polar surface area (TPSA) is 37.4 Å². The highest BCUT2D eigenvalue weighted by molar-refractivity contribution is 5.87. The molecule has 0 unspecified atom stereocenters. The zero-order valence-corrected chi connectivity index (χ0v) is 8.16. The number of amides is 2. The SMILES string of the molecule is CCN(C=O)C(=O)C1CCCCC1. The predicted octanol–water partition coefficient (Wildman–Crippen LogP) is 1.57. The maximum Gasteiger partial charge on any atom is 0.232 e. The molecular formula is C10H17NO2. The van der Waals surface area contributed by atoms with Crippen LogP contribution in [0.5, 0.6) is 0 Å². The fourth-order valence-electron chi connectivity index (χ4n) is 1.87. The predicted molar refractivity (Wildman–Crippen MR) is 50.0 cm³/mol. The molecule has 0 atom stereocenters. The van der Waals surface area contributed by atoms with E-state index in [2.05, 4.69) is 0 Å². The number of rotatable bonds is 3. The van der Waals surface area contributed by atoms with Crippen molar-refractivity contribution in [3.8, 4) is 0 Å². The molecule has 1 fully saturated rings.